The first-order chi connectivity index (χ1) is 5.68. The Bertz CT molecular complexity index is 235. The number of nitrogens with one attached hydrogen (secondary N) is 1. The average Bonchev–Trinajstić information content (AvgIpc) is 2.03. The molecule has 1 rings (SSSR count). The molecule has 0 atom stereocenters. The zero-order valence-electron chi connectivity index (χ0n) is 6.37. The van der Waals surface area contributed by atoms with Crippen LogP contribution in [0.5, 0.6) is 0 Å². The molecule has 0 aliphatic rings. The minimum Gasteiger partial charge on any atom is -0.380 e. The van der Waals surface area contributed by atoms with E-state index in [1.165, 1.54) is 0 Å². The third-order valence-corrected chi connectivity index (χ3v) is 1.86. The second kappa shape index (κ2) is 4.45. The van der Waals surface area contributed by atoms with Gasteiger partial charge in [-0.05, 0) is 24.3 Å². The van der Waals surface area contributed by atoms with Gasteiger partial charge in [0.15, 0.2) is 6.29 Å². The number of benzene rings is 1. The molecule has 66 valence electrons. The van der Waals surface area contributed by atoms with Crippen LogP contribution in [0.2, 0.25) is 0 Å². The Balaban J connectivity index is 2.48. The molecule has 1 aromatic carbocycles. The quantitative estimate of drug-likeness (QED) is 0.685. The predicted molar refractivity (Wildman–Crippen MR) is 50.9 cm³/mol. The van der Waals surface area contributed by atoms with E-state index in [2.05, 4.69) is 21.2 Å². The van der Waals surface area contributed by atoms with E-state index < -0.39 is 6.29 Å². The monoisotopic (exact) mass is 231 g/mol. The summed E-state index contributed by atoms with van der Waals surface area (Å²) >= 11 is 3.30. The van der Waals surface area contributed by atoms with Crippen molar-refractivity contribution >= 4 is 21.6 Å². The van der Waals surface area contributed by atoms with Crippen LogP contribution < -0.4 is 5.32 Å². The van der Waals surface area contributed by atoms with Crippen LogP contribution in [0.4, 0.5) is 5.69 Å². The van der Waals surface area contributed by atoms with Crippen molar-refractivity contribution < 1.29 is 10.2 Å². The van der Waals surface area contributed by atoms with Crippen molar-refractivity contribution in [3.05, 3.63) is 28.7 Å². The van der Waals surface area contributed by atoms with Crippen molar-refractivity contribution in [1.29, 1.82) is 0 Å². The molecule has 12 heavy (non-hydrogen) atoms. The molecule has 0 aromatic heterocycles. The number of halogens is 1. The normalized spacial score (nSPS) is 10.3. The first-order valence-electron chi connectivity index (χ1n) is 3.54. The highest BCUT2D eigenvalue weighted by atomic mass is 79.9. The lowest BCUT2D eigenvalue weighted by atomic mass is 10.3. The van der Waals surface area contributed by atoms with Gasteiger partial charge >= 0.3 is 0 Å². The van der Waals surface area contributed by atoms with E-state index >= 15 is 0 Å². The lowest BCUT2D eigenvalue weighted by Crippen LogP contribution is -2.17. The smallest absolute Gasteiger partial charge is 0.169 e. The Kier molecular flexibility index (Phi) is 3.52. The average molecular weight is 232 g/mol. The van der Waals surface area contributed by atoms with Crippen LogP contribution in [0.15, 0.2) is 28.7 Å². The molecule has 1 aromatic rings. The van der Waals surface area contributed by atoms with Gasteiger partial charge < -0.3 is 15.5 Å². The number of aliphatic hydroxyl groups excluding tert-OH is 1. The molecule has 0 radical (unpaired) electrons. The maximum Gasteiger partial charge on any atom is 0.169 e. The van der Waals surface area contributed by atoms with E-state index in [1.807, 2.05) is 24.3 Å². The Morgan fingerprint density at radius 1 is 1.25 bits per heavy atom. The van der Waals surface area contributed by atoms with Gasteiger partial charge in [0.1, 0.15) is 0 Å². The minimum atomic E-state index is -1.31. The van der Waals surface area contributed by atoms with Crippen LogP contribution in [0, 0.1) is 0 Å². The fourth-order valence-corrected chi connectivity index (χ4v) is 1.04. The van der Waals surface area contributed by atoms with E-state index in [0.717, 1.165) is 10.2 Å². The van der Waals surface area contributed by atoms with E-state index in [9.17, 15) is 0 Å². The topological polar surface area (TPSA) is 52.5 Å². The van der Waals surface area contributed by atoms with Crippen molar-refractivity contribution in [2.24, 2.45) is 0 Å². The molecule has 0 bridgehead atoms. The molecule has 3 N–H and O–H groups in total. The predicted octanol–water partition coefficient (Wildman–Crippen LogP) is 1.17. The summed E-state index contributed by atoms with van der Waals surface area (Å²) < 4.78 is 0.998. The highest BCUT2D eigenvalue weighted by molar-refractivity contribution is 9.10. The van der Waals surface area contributed by atoms with Crippen LogP contribution in [0.1, 0.15) is 0 Å². The SMILES string of the molecule is OC(O)CNc1ccc(Br)cc1. The minimum absolute atomic E-state index is 0.141. The van der Waals surface area contributed by atoms with Gasteiger partial charge in [0.25, 0.3) is 0 Å². The Hall–Kier alpha value is -0.580. The molecule has 0 amide bonds. The molecule has 0 spiro atoms. The second-order valence-corrected chi connectivity index (χ2v) is 3.28. The summed E-state index contributed by atoms with van der Waals surface area (Å²) in [6.07, 6.45) is -1.31. The fourth-order valence-electron chi connectivity index (χ4n) is 0.777. The summed E-state index contributed by atoms with van der Waals surface area (Å²) in [6.45, 7) is 0.141. The summed E-state index contributed by atoms with van der Waals surface area (Å²) in [6, 6.07) is 7.47. The van der Waals surface area contributed by atoms with Crippen LogP contribution in [-0.4, -0.2) is 23.0 Å². The first-order valence-corrected chi connectivity index (χ1v) is 4.33. The first kappa shape index (κ1) is 9.51. The largest absolute Gasteiger partial charge is 0.380 e. The van der Waals surface area contributed by atoms with Crippen LogP contribution >= 0.6 is 15.9 Å². The molecule has 0 aliphatic carbocycles. The summed E-state index contributed by atoms with van der Waals surface area (Å²) in [4.78, 5) is 0. The lowest BCUT2D eigenvalue weighted by molar-refractivity contribution is -0.0275. The summed E-state index contributed by atoms with van der Waals surface area (Å²) in [5, 5.41) is 20.0. The Morgan fingerprint density at radius 2 is 1.83 bits per heavy atom. The van der Waals surface area contributed by atoms with Gasteiger partial charge in [-0.2, -0.15) is 0 Å². The number of aliphatic hydroxyl groups is 2. The fraction of sp³-hybridized carbons (Fsp3) is 0.250. The number of rotatable bonds is 3. The Labute approximate surface area is 79.2 Å². The molecule has 0 unspecified atom stereocenters. The summed E-state index contributed by atoms with van der Waals surface area (Å²) in [5.41, 5.74) is 0.867. The van der Waals surface area contributed by atoms with Gasteiger partial charge in [0, 0.05) is 10.2 Å². The van der Waals surface area contributed by atoms with Gasteiger partial charge in [-0.15, -0.1) is 0 Å². The molecule has 0 aliphatic heterocycles. The molecule has 0 fully saturated rings. The molecule has 0 heterocycles. The zero-order chi connectivity index (χ0) is 8.97. The van der Waals surface area contributed by atoms with E-state index in [-0.39, 0.29) is 6.54 Å². The molecule has 4 heteroatoms. The summed E-state index contributed by atoms with van der Waals surface area (Å²) in [5.74, 6) is 0. The highest BCUT2D eigenvalue weighted by Crippen LogP contribution is 2.13. The standard InChI is InChI=1S/C8H10BrNO2/c9-6-1-3-7(4-2-6)10-5-8(11)12/h1-4,8,10-12H,5H2. The van der Waals surface area contributed by atoms with Crippen molar-refractivity contribution in [1.82, 2.24) is 0 Å². The molecule has 0 saturated carbocycles. The van der Waals surface area contributed by atoms with Gasteiger partial charge in [0.2, 0.25) is 0 Å². The van der Waals surface area contributed by atoms with Gasteiger partial charge in [-0.1, -0.05) is 15.9 Å². The molecular weight excluding hydrogens is 222 g/mol. The maximum absolute atomic E-state index is 8.55. The maximum atomic E-state index is 8.55. The van der Waals surface area contributed by atoms with Crippen molar-refractivity contribution in [2.75, 3.05) is 11.9 Å². The third-order valence-electron chi connectivity index (χ3n) is 1.33. The molecule has 3 nitrogen and oxygen atoms in total. The van der Waals surface area contributed by atoms with Crippen molar-refractivity contribution in [2.45, 2.75) is 6.29 Å². The van der Waals surface area contributed by atoms with Crippen LogP contribution in [0.3, 0.4) is 0 Å². The third kappa shape index (κ3) is 3.21. The number of hydrogen-bond acceptors (Lipinski definition) is 3. The highest BCUT2D eigenvalue weighted by Gasteiger charge is 1.96. The summed E-state index contributed by atoms with van der Waals surface area (Å²) in [7, 11) is 0. The second-order valence-electron chi connectivity index (χ2n) is 2.37. The molecular formula is C8H10BrNO2. The van der Waals surface area contributed by atoms with Gasteiger partial charge in [-0.3, -0.25) is 0 Å². The molecule has 0 saturated heterocycles. The van der Waals surface area contributed by atoms with Crippen molar-refractivity contribution in [3.63, 3.8) is 0 Å². The van der Waals surface area contributed by atoms with E-state index in [1.54, 1.807) is 0 Å². The zero-order valence-corrected chi connectivity index (χ0v) is 7.95. The number of hydrogen-bond donors (Lipinski definition) is 3. The van der Waals surface area contributed by atoms with Gasteiger partial charge in [-0.25, -0.2) is 0 Å². The van der Waals surface area contributed by atoms with Crippen LogP contribution in [-0.2, 0) is 0 Å². The number of anilines is 1. The lowest BCUT2D eigenvalue weighted by Gasteiger charge is -2.06. The Morgan fingerprint density at radius 3 is 2.33 bits per heavy atom. The van der Waals surface area contributed by atoms with Crippen molar-refractivity contribution in [3.8, 4) is 0 Å². The van der Waals surface area contributed by atoms with Gasteiger partial charge in [0.05, 0.1) is 6.54 Å². The van der Waals surface area contributed by atoms with E-state index in [0.29, 0.717) is 0 Å². The van der Waals surface area contributed by atoms with E-state index in [4.69, 9.17) is 10.2 Å². The van der Waals surface area contributed by atoms with Crippen LogP contribution in [0.25, 0.3) is 0 Å².